The van der Waals surface area contributed by atoms with E-state index in [1.165, 1.54) is 0 Å². The van der Waals surface area contributed by atoms with Gasteiger partial charge in [-0.05, 0) is 68.6 Å². The third-order valence-electron chi connectivity index (χ3n) is 10.1. The molecule has 242 valence electrons. The summed E-state index contributed by atoms with van der Waals surface area (Å²) in [5.74, 6) is -0.152. The Morgan fingerprint density at radius 1 is 0.739 bits per heavy atom. The standard InChI is InChI=1S/C36H40Cl2N4O4/c37-29-7-3-25(4-8-29)32-22-28(23-33(39-32)26-5-9-30(38)10-6-26)35(44)40-16-11-31(12-17-40)42-15-1-2-27(24-42)34(43)41-18-13-36(14-19-41)45-20-21-46-36/h3-10,22-23,27,31H,1-2,11-21,24H2/t27-/m1/s1. The lowest BCUT2D eigenvalue weighted by Crippen LogP contribution is -2.54. The largest absolute Gasteiger partial charge is 0.347 e. The van der Waals surface area contributed by atoms with Gasteiger partial charge in [-0.15, -0.1) is 0 Å². The van der Waals surface area contributed by atoms with Gasteiger partial charge < -0.3 is 19.3 Å². The van der Waals surface area contributed by atoms with Gasteiger partial charge in [0.05, 0.1) is 30.5 Å². The Balaban J connectivity index is 0.999. The summed E-state index contributed by atoms with van der Waals surface area (Å²) in [6.45, 7) is 5.86. The molecule has 2 amide bonds. The third kappa shape index (κ3) is 6.83. The van der Waals surface area contributed by atoms with Crippen LogP contribution in [0.3, 0.4) is 0 Å². The van der Waals surface area contributed by atoms with Crippen molar-refractivity contribution in [1.82, 2.24) is 19.7 Å². The Labute approximate surface area is 280 Å². The highest BCUT2D eigenvalue weighted by Gasteiger charge is 2.42. The normalized spacial score (nSPS) is 22.3. The number of piperidine rings is 3. The van der Waals surface area contributed by atoms with Crippen LogP contribution in [0.25, 0.3) is 22.5 Å². The van der Waals surface area contributed by atoms with Crippen molar-refractivity contribution in [3.63, 3.8) is 0 Å². The molecule has 2 aromatic carbocycles. The summed E-state index contributed by atoms with van der Waals surface area (Å²) in [5, 5.41) is 1.30. The van der Waals surface area contributed by atoms with Crippen LogP contribution in [0.4, 0.5) is 0 Å². The highest BCUT2D eigenvalue weighted by molar-refractivity contribution is 6.30. The second-order valence-electron chi connectivity index (χ2n) is 12.9. The minimum absolute atomic E-state index is 0.0102. The van der Waals surface area contributed by atoms with Crippen molar-refractivity contribution in [3.8, 4) is 22.5 Å². The molecular weight excluding hydrogens is 623 g/mol. The topological polar surface area (TPSA) is 75.2 Å². The number of rotatable bonds is 5. The number of carbonyl (C=O) groups excluding carboxylic acids is 2. The van der Waals surface area contributed by atoms with Crippen LogP contribution in [0.1, 0.15) is 48.9 Å². The second-order valence-corrected chi connectivity index (χ2v) is 13.8. The van der Waals surface area contributed by atoms with Crippen LogP contribution in [0, 0.1) is 5.92 Å². The molecule has 4 fully saturated rings. The first-order chi connectivity index (χ1) is 22.4. The first-order valence-corrected chi connectivity index (χ1v) is 17.3. The van der Waals surface area contributed by atoms with E-state index >= 15 is 0 Å². The van der Waals surface area contributed by atoms with Gasteiger partial charge in [0.2, 0.25) is 5.91 Å². The van der Waals surface area contributed by atoms with Gasteiger partial charge >= 0.3 is 0 Å². The molecule has 0 N–H and O–H groups in total. The molecule has 0 saturated carbocycles. The summed E-state index contributed by atoms with van der Waals surface area (Å²) in [7, 11) is 0. The van der Waals surface area contributed by atoms with Gasteiger partial charge in [-0.1, -0.05) is 47.5 Å². The van der Waals surface area contributed by atoms with Crippen molar-refractivity contribution in [2.75, 3.05) is 52.5 Å². The molecule has 10 heteroatoms. The molecule has 0 radical (unpaired) electrons. The summed E-state index contributed by atoms with van der Waals surface area (Å²) >= 11 is 12.3. The number of likely N-dealkylation sites (tertiary alicyclic amines) is 3. The lowest BCUT2D eigenvalue weighted by atomic mass is 9.91. The molecule has 46 heavy (non-hydrogen) atoms. The SMILES string of the molecule is O=C(c1cc(-c2ccc(Cl)cc2)nc(-c2ccc(Cl)cc2)c1)N1CCC(N2CCC[C@@H](C(=O)N3CCC4(CC3)OCCO4)C2)CC1. The van der Waals surface area contributed by atoms with E-state index in [-0.39, 0.29) is 17.7 Å². The predicted molar refractivity (Wildman–Crippen MR) is 179 cm³/mol. The minimum Gasteiger partial charge on any atom is -0.347 e. The Kier molecular flexibility index (Phi) is 9.35. The summed E-state index contributed by atoms with van der Waals surface area (Å²) in [5.41, 5.74) is 3.85. The van der Waals surface area contributed by atoms with E-state index in [0.717, 1.165) is 74.1 Å². The Morgan fingerprint density at radius 3 is 1.87 bits per heavy atom. The Hall–Kier alpha value is -3.01. The van der Waals surface area contributed by atoms with Crippen molar-refractivity contribution in [2.45, 2.75) is 50.4 Å². The number of hydrogen-bond donors (Lipinski definition) is 0. The summed E-state index contributed by atoms with van der Waals surface area (Å²) < 4.78 is 11.7. The first kappa shape index (κ1) is 31.6. The third-order valence-corrected chi connectivity index (χ3v) is 10.6. The van der Waals surface area contributed by atoms with Crippen molar-refractivity contribution in [3.05, 3.63) is 76.3 Å². The fourth-order valence-corrected chi connectivity index (χ4v) is 7.71. The van der Waals surface area contributed by atoms with Gasteiger partial charge in [0, 0.05) is 78.3 Å². The molecule has 1 spiro atoms. The number of nitrogens with zero attached hydrogens (tertiary/aromatic N) is 4. The number of amides is 2. The van der Waals surface area contributed by atoms with Crippen LogP contribution in [-0.2, 0) is 14.3 Å². The van der Waals surface area contributed by atoms with Crippen LogP contribution in [0.5, 0.6) is 0 Å². The lowest BCUT2D eigenvalue weighted by Gasteiger charge is -2.44. The molecule has 7 rings (SSSR count). The Bertz CT molecular complexity index is 1480. The molecule has 8 nitrogen and oxygen atoms in total. The fourth-order valence-electron chi connectivity index (χ4n) is 7.46. The average Bonchev–Trinajstić information content (AvgIpc) is 3.56. The zero-order valence-electron chi connectivity index (χ0n) is 26.0. The van der Waals surface area contributed by atoms with Crippen LogP contribution in [0.2, 0.25) is 10.0 Å². The fraction of sp³-hybridized carbons (Fsp3) is 0.472. The van der Waals surface area contributed by atoms with Gasteiger partial charge in [-0.3, -0.25) is 14.5 Å². The minimum atomic E-state index is -0.466. The predicted octanol–water partition coefficient (Wildman–Crippen LogP) is 6.40. The Morgan fingerprint density at radius 2 is 1.30 bits per heavy atom. The molecule has 1 aromatic heterocycles. The maximum absolute atomic E-state index is 13.9. The monoisotopic (exact) mass is 662 g/mol. The lowest BCUT2D eigenvalue weighted by molar-refractivity contribution is -0.188. The van der Waals surface area contributed by atoms with Crippen molar-refractivity contribution in [2.24, 2.45) is 5.92 Å². The van der Waals surface area contributed by atoms with Crippen molar-refractivity contribution >= 4 is 35.0 Å². The van der Waals surface area contributed by atoms with E-state index < -0.39 is 5.79 Å². The van der Waals surface area contributed by atoms with E-state index in [4.69, 9.17) is 37.7 Å². The molecule has 3 aromatic rings. The number of halogens is 2. The quantitative estimate of drug-likeness (QED) is 0.315. The molecule has 4 aliphatic heterocycles. The average molecular weight is 664 g/mol. The number of benzene rings is 2. The number of pyridine rings is 1. The van der Waals surface area contributed by atoms with E-state index in [0.29, 0.717) is 61.0 Å². The van der Waals surface area contributed by atoms with Gasteiger partial charge in [-0.25, -0.2) is 4.98 Å². The highest BCUT2D eigenvalue weighted by Crippen LogP contribution is 2.33. The van der Waals surface area contributed by atoms with Gasteiger partial charge in [-0.2, -0.15) is 0 Å². The van der Waals surface area contributed by atoms with Gasteiger partial charge in [0.15, 0.2) is 5.79 Å². The van der Waals surface area contributed by atoms with Crippen LogP contribution >= 0.6 is 23.2 Å². The van der Waals surface area contributed by atoms with E-state index in [1.54, 1.807) is 0 Å². The molecule has 0 aliphatic carbocycles. The zero-order valence-corrected chi connectivity index (χ0v) is 27.5. The molecule has 4 aliphatic rings. The number of ether oxygens (including phenoxy) is 2. The second kappa shape index (κ2) is 13.6. The van der Waals surface area contributed by atoms with Crippen LogP contribution < -0.4 is 0 Å². The highest BCUT2D eigenvalue weighted by atomic mass is 35.5. The molecular formula is C36H40Cl2N4O4. The molecule has 0 unspecified atom stereocenters. The summed E-state index contributed by atoms with van der Waals surface area (Å²) in [6.07, 6.45) is 5.26. The first-order valence-electron chi connectivity index (χ1n) is 16.5. The van der Waals surface area contributed by atoms with Crippen molar-refractivity contribution < 1.29 is 19.1 Å². The van der Waals surface area contributed by atoms with E-state index in [2.05, 4.69) is 4.90 Å². The van der Waals surface area contributed by atoms with Crippen LogP contribution in [0.15, 0.2) is 60.7 Å². The van der Waals surface area contributed by atoms with Gasteiger partial charge in [0.25, 0.3) is 5.91 Å². The maximum atomic E-state index is 13.9. The number of aromatic nitrogens is 1. The van der Waals surface area contributed by atoms with Gasteiger partial charge in [0.1, 0.15) is 0 Å². The van der Waals surface area contributed by atoms with Crippen LogP contribution in [-0.4, -0.2) is 95.8 Å². The van der Waals surface area contributed by atoms with E-state index in [9.17, 15) is 9.59 Å². The zero-order chi connectivity index (χ0) is 31.7. The number of carbonyl (C=O) groups is 2. The molecule has 5 heterocycles. The summed E-state index contributed by atoms with van der Waals surface area (Å²) in [6, 6.07) is 19.2. The molecule has 1 atom stereocenters. The smallest absolute Gasteiger partial charge is 0.254 e. The molecule has 4 saturated heterocycles. The van der Waals surface area contributed by atoms with Crippen molar-refractivity contribution in [1.29, 1.82) is 0 Å². The summed E-state index contributed by atoms with van der Waals surface area (Å²) in [4.78, 5) is 38.9. The maximum Gasteiger partial charge on any atom is 0.254 e. The number of hydrogen-bond acceptors (Lipinski definition) is 6. The van der Waals surface area contributed by atoms with E-state index in [1.807, 2.05) is 70.5 Å². The molecule has 0 bridgehead atoms.